The number of nitrogens with zero attached hydrogens (tertiary/aromatic N) is 1. The molecule has 1 aliphatic rings. The molecule has 1 fully saturated rings. The van der Waals surface area contributed by atoms with E-state index >= 15 is 0 Å². The third-order valence-corrected chi connectivity index (χ3v) is 4.76. The van der Waals surface area contributed by atoms with E-state index in [-0.39, 0.29) is 18.5 Å². The van der Waals surface area contributed by atoms with Gasteiger partial charge in [0.1, 0.15) is 0 Å². The van der Waals surface area contributed by atoms with E-state index in [1.807, 2.05) is 0 Å². The van der Waals surface area contributed by atoms with E-state index in [2.05, 4.69) is 10.3 Å². The van der Waals surface area contributed by atoms with Gasteiger partial charge in [-0.15, -0.1) is 11.3 Å². The van der Waals surface area contributed by atoms with Crippen molar-refractivity contribution >= 4 is 28.3 Å². The molecule has 8 heteroatoms. The summed E-state index contributed by atoms with van der Waals surface area (Å²) < 4.78 is 31.2. The second-order valence-corrected chi connectivity index (χ2v) is 6.66. The topological polar surface area (TPSA) is 68.3 Å². The summed E-state index contributed by atoms with van der Waals surface area (Å²) in [4.78, 5) is 27.8. The summed E-state index contributed by atoms with van der Waals surface area (Å²) >= 11 is 1.14. The van der Waals surface area contributed by atoms with Crippen LogP contribution < -0.4 is 5.32 Å². The van der Waals surface area contributed by atoms with Crippen molar-refractivity contribution in [3.63, 3.8) is 0 Å². The first kappa shape index (κ1) is 17.5. The minimum atomic E-state index is -0.963. The number of esters is 1. The Morgan fingerprint density at radius 1 is 1.24 bits per heavy atom. The number of halogens is 2. The summed E-state index contributed by atoms with van der Waals surface area (Å²) in [6.45, 7) is -0.366. The molecule has 3 rings (SSSR count). The number of benzene rings is 1. The number of thiazole rings is 1. The van der Waals surface area contributed by atoms with Gasteiger partial charge in [0.2, 0.25) is 0 Å². The molecule has 132 valence electrons. The lowest BCUT2D eigenvalue weighted by Gasteiger charge is -2.08. The van der Waals surface area contributed by atoms with Crippen LogP contribution in [0.3, 0.4) is 0 Å². The van der Waals surface area contributed by atoms with E-state index in [4.69, 9.17) is 4.74 Å². The highest BCUT2D eigenvalue weighted by atomic mass is 32.1. The van der Waals surface area contributed by atoms with Crippen LogP contribution in [0.25, 0.3) is 11.3 Å². The van der Waals surface area contributed by atoms with Crippen LogP contribution in [0, 0.1) is 17.6 Å². The highest BCUT2D eigenvalue weighted by molar-refractivity contribution is 7.14. The Hall–Kier alpha value is -2.35. The molecule has 5 nitrogen and oxygen atoms in total. The second-order valence-electron chi connectivity index (χ2n) is 5.80. The number of ether oxygens (including phenoxy) is 1. The predicted octanol–water partition coefficient (Wildman–Crippen LogP) is 3.76. The molecule has 0 bridgehead atoms. The fourth-order valence-electron chi connectivity index (χ4n) is 2.69. The molecule has 1 saturated carbocycles. The first-order valence-corrected chi connectivity index (χ1v) is 8.78. The zero-order chi connectivity index (χ0) is 17.8. The third-order valence-electron chi connectivity index (χ3n) is 4.00. The van der Waals surface area contributed by atoms with Crippen molar-refractivity contribution in [3.8, 4) is 11.3 Å². The number of hydrogen-bond donors (Lipinski definition) is 1. The minimum absolute atomic E-state index is 0.104. The molecule has 2 aromatic rings. The highest BCUT2D eigenvalue weighted by Gasteiger charge is 2.24. The van der Waals surface area contributed by atoms with Gasteiger partial charge in [-0.3, -0.25) is 14.9 Å². The molecule has 1 aliphatic carbocycles. The quantitative estimate of drug-likeness (QED) is 0.818. The van der Waals surface area contributed by atoms with Gasteiger partial charge >= 0.3 is 5.97 Å². The van der Waals surface area contributed by atoms with E-state index in [0.29, 0.717) is 16.4 Å². The van der Waals surface area contributed by atoms with Crippen LogP contribution >= 0.6 is 11.3 Å². The Kier molecular flexibility index (Phi) is 5.37. The van der Waals surface area contributed by atoms with Crippen molar-refractivity contribution in [2.45, 2.75) is 25.7 Å². The number of carbonyl (C=O) groups excluding carboxylic acids is 2. The molecule has 1 N–H and O–H groups in total. The van der Waals surface area contributed by atoms with Crippen molar-refractivity contribution < 1.29 is 23.1 Å². The van der Waals surface area contributed by atoms with E-state index < -0.39 is 17.5 Å². The first-order chi connectivity index (χ1) is 12.0. The molecule has 0 spiro atoms. The van der Waals surface area contributed by atoms with Gasteiger partial charge in [-0.05, 0) is 31.0 Å². The number of nitrogens with one attached hydrogen (secondary N) is 1. The maximum absolute atomic E-state index is 13.3. The minimum Gasteiger partial charge on any atom is -0.455 e. The zero-order valence-corrected chi connectivity index (χ0v) is 14.1. The molecule has 0 atom stereocenters. The monoisotopic (exact) mass is 366 g/mol. The van der Waals surface area contributed by atoms with E-state index in [1.165, 1.54) is 6.07 Å². The van der Waals surface area contributed by atoms with Crippen molar-refractivity contribution in [3.05, 3.63) is 35.2 Å². The molecule has 1 aromatic carbocycles. The Balaban J connectivity index is 1.54. The lowest BCUT2D eigenvalue weighted by molar-refractivity contribution is -0.151. The average Bonchev–Trinajstić information content (AvgIpc) is 3.27. The maximum atomic E-state index is 13.3. The van der Waals surface area contributed by atoms with Gasteiger partial charge in [-0.25, -0.2) is 13.8 Å². The average molecular weight is 366 g/mol. The Morgan fingerprint density at radius 3 is 2.72 bits per heavy atom. The lowest BCUT2D eigenvalue weighted by atomic mass is 10.1. The van der Waals surface area contributed by atoms with Gasteiger partial charge in [0, 0.05) is 10.9 Å². The fourth-order valence-corrected chi connectivity index (χ4v) is 3.43. The van der Waals surface area contributed by atoms with E-state index in [9.17, 15) is 18.4 Å². The second kappa shape index (κ2) is 7.69. The number of aromatic nitrogens is 1. The van der Waals surface area contributed by atoms with Crippen LogP contribution in [0.4, 0.5) is 13.9 Å². The number of carbonyl (C=O) groups is 2. The van der Waals surface area contributed by atoms with Crippen molar-refractivity contribution in [2.75, 3.05) is 11.9 Å². The van der Waals surface area contributed by atoms with Crippen LogP contribution in [-0.2, 0) is 14.3 Å². The Labute approximate surface area is 147 Å². The molecule has 1 amide bonds. The number of anilines is 1. The zero-order valence-electron chi connectivity index (χ0n) is 13.3. The lowest BCUT2D eigenvalue weighted by Crippen LogP contribution is -2.23. The summed E-state index contributed by atoms with van der Waals surface area (Å²) in [5.41, 5.74) is 0.825. The fraction of sp³-hybridized carbons (Fsp3) is 0.353. The van der Waals surface area contributed by atoms with Crippen LogP contribution in [0.1, 0.15) is 25.7 Å². The molecule has 1 aromatic heterocycles. The van der Waals surface area contributed by atoms with Crippen molar-refractivity contribution in [1.29, 1.82) is 0 Å². The van der Waals surface area contributed by atoms with Crippen molar-refractivity contribution in [1.82, 2.24) is 4.98 Å². The van der Waals surface area contributed by atoms with Crippen LogP contribution in [-0.4, -0.2) is 23.5 Å². The summed E-state index contributed by atoms with van der Waals surface area (Å²) in [5, 5.41) is 4.44. The summed E-state index contributed by atoms with van der Waals surface area (Å²) in [6, 6.07) is 3.46. The third kappa shape index (κ3) is 4.39. The summed E-state index contributed by atoms with van der Waals surface area (Å²) in [6.07, 6.45) is 3.64. The summed E-state index contributed by atoms with van der Waals surface area (Å²) in [5.74, 6) is -2.83. The molecule has 1 heterocycles. The first-order valence-electron chi connectivity index (χ1n) is 7.90. The number of amides is 1. The van der Waals surface area contributed by atoms with Gasteiger partial charge in [0.05, 0.1) is 11.6 Å². The normalized spacial score (nSPS) is 14.5. The van der Waals surface area contributed by atoms with Gasteiger partial charge in [0.25, 0.3) is 5.91 Å². The standard InChI is InChI=1S/C17H16F2N2O3S/c18-12-6-5-11(7-13(12)19)14-9-25-17(20-14)21-15(22)8-24-16(23)10-3-1-2-4-10/h5-7,9-10H,1-4,8H2,(H,20,21,22). The predicted molar refractivity (Wildman–Crippen MR) is 89.0 cm³/mol. The molecular formula is C17H16F2N2O3S. The maximum Gasteiger partial charge on any atom is 0.309 e. The van der Waals surface area contributed by atoms with Crippen LogP contribution in [0.5, 0.6) is 0 Å². The van der Waals surface area contributed by atoms with Gasteiger partial charge in [-0.2, -0.15) is 0 Å². The van der Waals surface area contributed by atoms with Crippen LogP contribution in [0.2, 0.25) is 0 Å². The molecule has 0 aliphatic heterocycles. The molecule has 0 unspecified atom stereocenters. The van der Waals surface area contributed by atoms with E-state index in [0.717, 1.165) is 49.2 Å². The number of rotatable bonds is 5. The van der Waals surface area contributed by atoms with Gasteiger partial charge in [0.15, 0.2) is 23.4 Å². The van der Waals surface area contributed by atoms with Gasteiger partial charge < -0.3 is 4.74 Å². The van der Waals surface area contributed by atoms with Crippen LogP contribution in [0.15, 0.2) is 23.6 Å². The smallest absolute Gasteiger partial charge is 0.309 e. The molecule has 0 radical (unpaired) electrons. The van der Waals surface area contributed by atoms with Crippen molar-refractivity contribution in [2.24, 2.45) is 5.92 Å². The largest absolute Gasteiger partial charge is 0.455 e. The van der Waals surface area contributed by atoms with Gasteiger partial charge in [-0.1, -0.05) is 12.8 Å². The Morgan fingerprint density at radius 2 is 2.00 bits per heavy atom. The number of hydrogen-bond acceptors (Lipinski definition) is 5. The molecule has 25 heavy (non-hydrogen) atoms. The van der Waals surface area contributed by atoms with E-state index in [1.54, 1.807) is 5.38 Å². The highest BCUT2D eigenvalue weighted by Crippen LogP contribution is 2.27. The SMILES string of the molecule is O=C(COC(=O)C1CCCC1)Nc1nc(-c2ccc(F)c(F)c2)cs1. The molecular weight excluding hydrogens is 350 g/mol. The molecule has 0 saturated heterocycles. The Bertz CT molecular complexity index is 788. The summed E-state index contributed by atoms with van der Waals surface area (Å²) in [7, 11) is 0.